The van der Waals surface area contributed by atoms with Crippen LogP contribution in [0.25, 0.3) is 0 Å². The van der Waals surface area contributed by atoms with Gasteiger partial charge in [-0.3, -0.25) is 0 Å². The summed E-state index contributed by atoms with van der Waals surface area (Å²) in [6.07, 6.45) is 3.73. The summed E-state index contributed by atoms with van der Waals surface area (Å²) in [5.41, 5.74) is 1.16. The maximum Gasteiger partial charge on any atom is 0.130 e. The van der Waals surface area contributed by atoms with E-state index in [0.717, 1.165) is 13.2 Å². The van der Waals surface area contributed by atoms with Crippen LogP contribution in [0.5, 0.6) is 0 Å². The largest absolute Gasteiger partial charge is 0.363 e. The molecule has 60 valence electrons. The predicted molar refractivity (Wildman–Crippen MR) is 41.2 cm³/mol. The van der Waals surface area contributed by atoms with Gasteiger partial charge in [0.1, 0.15) is 5.60 Å². The lowest BCUT2D eigenvalue weighted by atomic mass is 10.1. The summed E-state index contributed by atoms with van der Waals surface area (Å²) < 4.78 is 7.44. The topological polar surface area (TPSA) is 30.4 Å². The number of aryl methyl sites for hydroxylation is 1. The van der Waals surface area contributed by atoms with Crippen molar-refractivity contribution in [1.82, 2.24) is 9.55 Å². The molecular formula is C8H12N2O. The first-order chi connectivity index (χ1) is 5.26. The van der Waals surface area contributed by atoms with Gasteiger partial charge in [-0.15, -0.1) is 0 Å². The van der Waals surface area contributed by atoms with Gasteiger partial charge in [0, 0.05) is 6.54 Å². The first kappa shape index (κ1) is 6.85. The minimum Gasteiger partial charge on any atom is -0.363 e. The first-order valence-corrected chi connectivity index (χ1v) is 3.91. The molecule has 0 N–H and O–H groups in total. The smallest absolute Gasteiger partial charge is 0.130 e. The van der Waals surface area contributed by atoms with Crippen molar-refractivity contribution in [3.05, 3.63) is 18.2 Å². The SMILES string of the molecule is CCn1cncc1C1(C)CO1. The highest BCUT2D eigenvalue weighted by Gasteiger charge is 2.43. The van der Waals surface area contributed by atoms with Crippen LogP contribution in [0.1, 0.15) is 19.5 Å². The van der Waals surface area contributed by atoms with Crippen LogP contribution < -0.4 is 0 Å². The molecule has 0 aliphatic carbocycles. The summed E-state index contributed by atoms with van der Waals surface area (Å²) in [6.45, 7) is 6.00. The van der Waals surface area contributed by atoms with Gasteiger partial charge in [0.05, 0.1) is 24.8 Å². The van der Waals surface area contributed by atoms with Crippen LogP contribution >= 0.6 is 0 Å². The standard InChI is InChI=1S/C8H12N2O/c1-3-10-6-9-4-7(10)8(2)5-11-8/h4,6H,3,5H2,1-2H3. The summed E-state index contributed by atoms with van der Waals surface area (Å²) in [4.78, 5) is 4.08. The van der Waals surface area contributed by atoms with Gasteiger partial charge in [-0.05, 0) is 13.8 Å². The number of aromatic nitrogens is 2. The number of imidazole rings is 1. The van der Waals surface area contributed by atoms with Crippen molar-refractivity contribution >= 4 is 0 Å². The number of hydrogen-bond acceptors (Lipinski definition) is 2. The Morgan fingerprint density at radius 1 is 1.82 bits per heavy atom. The Morgan fingerprint density at radius 2 is 2.55 bits per heavy atom. The van der Waals surface area contributed by atoms with Gasteiger partial charge >= 0.3 is 0 Å². The summed E-state index contributed by atoms with van der Waals surface area (Å²) in [7, 11) is 0. The molecule has 1 aliphatic rings. The highest BCUT2D eigenvalue weighted by molar-refractivity contribution is 5.15. The molecule has 3 heteroatoms. The number of hydrogen-bond donors (Lipinski definition) is 0. The molecule has 1 unspecified atom stereocenters. The second-order valence-electron chi connectivity index (χ2n) is 3.08. The molecule has 0 bridgehead atoms. The summed E-state index contributed by atoms with van der Waals surface area (Å²) >= 11 is 0. The van der Waals surface area contributed by atoms with Gasteiger partial charge in [0.2, 0.25) is 0 Å². The minimum absolute atomic E-state index is 0.0352. The lowest BCUT2D eigenvalue weighted by Gasteiger charge is -2.07. The molecule has 3 nitrogen and oxygen atoms in total. The maximum atomic E-state index is 5.32. The molecule has 2 heterocycles. The number of nitrogens with zero attached hydrogens (tertiary/aromatic N) is 2. The Kier molecular flexibility index (Phi) is 1.29. The third-order valence-corrected chi connectivity index (χ3v) is 2.17. The molecule has 1 aliphatic heterocycles. The zero-order chi connectivity index (χ0) is 7.90. The fraction of sp³-hybridized carbons (Fsp3) is 0.625. The van der Waals surface area contributed by atoms with Crippen LogP contribution in [0.4, 0.5) is 0 Å². The Balaban J connectivity index is 2.36. The second-order valence-corrected chi connectivity index (χ2v) is 3.08. The van der Waals surface area contributed by atoms with Crippen molar-refractivity contribution in [2.75, 3.05) is 6.61 Å². The number of rotatable bonds is 2. The molecule has 1 atom stereocenters. The van der Waals surface area contributed by atoms with Crippen molar-refractivity contribution in [1.29, 1.82) is 0 Å². The van der Waals surface area contributed by atoms with E-state index < -0.39 is 0 Å². The molecule has 2 rings (SSSR count). The van der Waals surface area contributed by atoms with E-state index in [9.17, 15) is 0 Å². The second kappa shape index (κ2) is 2.08. The lowest BCUT2D eigenvalue weighted by Crippen LogP contribution is -2.09. The van der Waals surface area contributed by atoms with E-state index in [1.807, 2.05) is 12.5 Å². The maximum absolute atomic E-state index is 5.32. The quantitative estimate of drug-likeness (QED) is 0.595. The zero-order valence-electron chi connectivity index (χ0n) is 6.87. The fourth-order valence-electron chi connectivity index (χ4n) is 1.27. The highest BCUT2D eigenvalue weighted by atomic mass is 16.6. The fourth-order valence-corrected chi connectivity index (χ4v) is 1.27. The summed E-state index contributed by atoms with van der Waals surface area (Å²) in [5, 5.41) is 0. The summed E-state index contributed by atoms with van der Waals surface area (Å²) in [6, 6.07) is 0. The number of epoxide rings is 1. The van der Waals surface area contributed by atoms with E-state index in [-0.39, 0.29) is 5.60 Å². The summed E-state index contributed by atoms with van der Waals surface area (Å²) in [5.74, 6) is 0. The Bertz CT molecular complexity index is 263. The Morgan fingerprint density at radius 3 is 3.09 bits per heavy atom. The van der Waals surface area contributed by atoms with Crippen LogP contribution in [-0.4, -0.2) is 16.2 Å². The molecule has 0 spiro atoms. The van der Waals surface area contributed by atoms with Gasteiger partial charge in [-0.2, -0.15) is 0 Å². The molecule has 0 radical (unpaired) electrons. The minimum atomic E-state index is -0.0352. The monoisotopic (exact) mass is 152 g/mol. The van der Waals surface area contributed by atoms with Crippen molar-refractivity contribution in [2.24, 2.45) is 0 Å². The van der Waals surface area contributed by atoms with Gasteiger partial charge in [0.15, 0.2) is 0 Å². The molecule has 1 aromatic heterocycles. The zero-order valence-corrected chi connectivity index (χ0v) is 6.87. The average Bonchev–Trinajstić information content (AvgIpc) is 2.61. The Labute approximate surface area is 66.0 Å². The molecule has 0 aromatic carbocycles. The van der Waals surface area contributed by atoms with Crippen LogP contribution in [0, 0.1) is 0 Å². The third-order valence-electron chi connectivity index (χ3n) is 2.17. The van der Waals surface area contributed by atoms with E-state index in [4.69, 9.17) is 4.74 Å². The molecule has 1 aromatic rings. The van der Waals surface area contributed by atoms with Crippen molar-refractivity contribution in [2.45, 2.75) is 26.0 Å². The van der Waals surface area contributed by atoms with E-state index >= 15 is 0 Å². The van der Waals surface area contributed by atoms with Crippen LogP contribution in [0.3, 0.4) is 0 Å². The van der Waals surface area contributed by atoms with E-state index in [1.54, 1.807) is 0 Å². The van der Waals surface area contributed by atoms with Crippen molar-refractivity contribution in [3.8, 4) is 0 Å². The Hall–Kier alpha value is -0.830. The van der Waals surface area contributed by atoms with Gasteiger partial charge in [0.25, 0.3) is 0 Å². The molecule has 0 amide bonds. The average molecular weight is 152 g/mol. The molecular weight excluding hydrogens is 140 g/mol. The normalized spacial score (nSPS) is 28.9. The van der Waals surface area contributed by atoms with E-state index in [2.05, 4.69) is 23.4 Å². The molecule has 1 saturated heterocycles. The van der Waals surface area contributed by atoms with Gasteiger partial charge in [-0.1, -0.05) is 0 Å². The van der Waals surface area contributed by atoms with Crippen molar-refractivity contribution in [3.63, 3.8) is 0 Å². The van der Waals surface area contributed by atoms with Gasteiger partial charge < -0.3 is 9.30 Å². The molecule has 11 heavy (non-hydrogen) atoms. The molecule has 0 saturated carbocycles. The molecule has 1 fully saturated rings. The third kappa shape index (κ3) is 0.959. The predicted octanol–water partition coefficient (Wildman–Crippen LogP) is 1.15. The van der Waals surface area contributed by atoms with Crippen molar-refractivity contribution < 1.29 is 4.74 Å². The number of ether oxygens (including phenoxy) is 1. The van der Waals surface area contributed by atoms with Crippen LogP contribution in [0.15, 0.2) is 12.5 Å². The lowest BCUT2D eigenvalue weighted by molar-refractivity contribution is 0.316. The van der Waals surface area contributed by atoms with Crippen LogP contribution in [0.2, 0.25) is 0 Å². The highest BCUT2D eigenvalue weighted by Crippen LogP contribution is 2.37. The van der Waals surface area contributed by atoms with Gasteiger partial charge in [-0.25, -0.2) is 4.98 Å². The van der Waals surface area contributed by atoms with E-state index in [0.29, 0.717) is 0 Å². The van der Waals surface area contributed by atoms with Crippen LogP contribution in [-0.2, 0) is 16.9 Å². The first-order valence-electron chi connectivity index (χ1n) is 3.91. The van der Waals surface area contributed by atoms with E-state index in [1.165, 1.54) is 5.69 Å².